The van der Waals surface area contributed by atoms with Crippen molar-refractivity contribution in [2.75, 3.05) is 13.6 Å². The minimum Gasteiger partial charge on any atom is -0.319 e. The first kappa shape index (κ1) is 15.0. The van der Waals surface area contributed by atoms with E-state index in [2.05, 4.69) is 40.1 Å². The highest BCUT2D eigenvalue weighted by Crippen LogP contribution is 2.32. The molecule has 1 atom stereocenters. The normalized spacial score (nSPS) is 15.6. The van der Waals surface area contributed by atoms with Crippen molar-refractivity contribution in [2.45, 2.75) is 66.2 Å². The molecule has 0 heterocycles. The fraction of sp³-hybridized carbons (Fsp3) is 1.00. The lowest BCUT2D eigenvalue weighted by molar-refractivity contribution is 0.189. The summed E-state index contributed by atoms with van der Waals surface area (Å²) in [5.74, 6) is 0.774. The van der Waals surface area contributed by atoms with E-state index in [1.54, 1.807) is 0 Å². The lowest BCUT2D eigenvalue weighted by atomic mass is 9.75. The van der Waals surface area contributed by atoms with Gasteiger partial charge in [-0.25, -0.2) is 0 Å². The van der Waals surface area contributed by atoms with Gasteiger partial charge in [-0.2, -0.15) is 0 Å². The van der Waals surface area contributed by atoms with Gasteiger partial charge in [-0.05, 0) is 24.8 Å². The SMILES string of the molecule is CCCCCCCC(C)(CNC)C(C)C. The molecule has 0 aliphatic rings. The standard InChI is InChI=1S/C14H31N/c1-6-7-8-9-10-11-14(4,12-15-5)13(2)3/h13,15H,6-12H2,1-5H3. The molecule has 0 bridgehead atoms. The van der Waals surface area contributed by atoms with Crippen LogP contribution in [0, 0.1) is 11.3 Å². The minimum atomic E-state index is 0.487. The van der Waals surface area contributed by atoms with E-state index in [1.807, 2.05) is 0 Å². The van der Waals surface area contributed by atoms with Gasteiger partial charge in [0.2, 0.25) is 0 Å². The zero-order valence-electron chi connectivity index (χ0n) is 11.5. The van der Waals surface area contributed by atoms with E-state index < -0.39 is 0 Å². The summed E-state index contributed by atoms with van der Waals surface area (Å²) < 4.78 is 0. The third kappa shape index (κ3) is 6.19. The number of rotatable bonds is 9. The molecule has 1 unspecified atom stereocenters. The minimum absolute atomic E-state index is 0.487. The molecule has 0 saturated carbocycles. The smallest absolute Gasteiger partial charge is 0.000461 e. The van der Waals surface area contributed by atoms with Crippen LogP contribution in [0.5, 0.6) is 0 Å². The van der Waals surface area contributed by atoms with Crippen LogP contribution in [0.3, 0.4) is 0 Å². The fourth-order valence-electron chi connectivity index (χ4n) is 2.12. The van der Waals surface area contributed by atoms with Gasteiger partial charge in [0.25, 0.3) is 0 Å². The van der Waals surface area contributed by atoms with E-state index in [0.29, 0.717) is 5.41 Å². The molecule has 0 aliphatic heterocycles. The van der Waals surface area contributed by atoms with Crippen LogP contribution in [0.25, 0.3) is 0 Å². The van der Waals surface area contributed by atoms with Crippen LogP contribution < -0.4 is 5.32 Å². The van der Waals surface area contributed by atoms with E-state index in [9.17, 15) is 0 Å². The van der Waals surface area contributed by atoms with Crippen LogP contribution in [0.2, 0.25) is 0 Å². The first-order valence-electron chi connectivity index (χ1n) is 6.71. The molecular weight excluding hydrogens is 182 g/mol. The summed E-state index contributed by atoms with van der Waals surface area (Å²) in [6.07, 6.45) is 8.36. The highest BCUT2D eigenvalue weighted by molar-refractivity contribution is 4.79. The van der Waals surface area contributed by atoms with Gasteiger partial charge in [-0.15, -0.1) is 0 Å². The molecule has 0 aromatic carbocycles. The average Bonchev–Trinajstić information content (AvgIpc) is 2.18. The maximum absolute atomic E-state index is 3.34. The highest BCUT2D eigenvalue weighted by Gasteiger charge is 2.26. The maximum atomic E-state index is 3.34. The van der Waals surface area contributed by atoms with Crippen molar-refractivity contribution in [3.8, 4) is 0 Å². The molecule has 0 fully saturated rings. The van der Waals surface area contributed by atoms with Crippen LogP contribution in [0.15, 0.2) is 0 Å². The van der Waals surface area contributed by atoms with Gasteiger partial charge in [0.15, 0.2) is 0 Å². The Morgan fingerprint density at radius 3 is 2.13 bits per heavy atom. The number of nitrogens with one attached hydrogen (secondary N) is 1. The quantitative estimate of drug-likeness (QED) is 0.565. The Bertz CT molecular complexity index is 142. The van der Waals surface area contributed by atoms with Crippen molar-refractivity contribution >= 4 is 0 Å². The van der Waals surface area contributed by atoms with Crippen LogP contribution in [-0.2, 0) is 0 Å². The van der Waals surface area contributed by atoms with Crippen LogP contribution in [0.4, 0.5) is 0 Å². The molecule has 0 rings (SSSR count). The lowest BCUT2D eigenvalue weighted by Crippen LogP contribution is -2.34. The topological polar surface area (TPSA) is 12.0 Å². The van der Waals surface area contributed by atoms with Crippen molar-refractivity contribution < 1.29 is 0 Å². The molecule has 0 aliphatic carbocycles. The van der Waals surface area contributed by atoms with Crippen molar-refractivity contribution in [3.63, 3.8) is 0 Å². The molecule has 92 valence electrons. The maximum Gasteiger partial charge on any atom is 0.000461 e. The fourth-order valence-corrected chi connectivity index (χ4v) is 2.12. The van der Waals surface area contributed by atoms with E-state index in [1.165, 1.54) is 38.5 Å². The Morgan fingerprint density at radius 1 is 1.07 bits per heavy atom. The average molecular weight is 213 g/mol. The van der Waals surface area contributed by atoms with Crippen LogP contribution >= 0.6 is 0 Å². The van der Waals surface area contributed by atoms with Crippen molar-refractivity contribution in [3.05, 3.63) is 0 Å². The molecule has 0 saturated heterocycles. The molecular formula is C14H31N. The number of unbranched alkanes of at least 4 members (excludes halogenated alkanes) is 4. The lowest BCUT2D eigenvalue weighted by Gasteiger charge is -2.34. The number of hydrogen-bond donors (Lipinski definition) is 1. The second kappa shape index (κ2) is 8.15. The Kier molecular flexibility index (Phi) is 8.13. The molecule has 1 nitrogen and oxygen atoms in total. The second-order valence-electron chi connectivity index (χ2n) is 5.50. The molecule has 0 aromatic rings. The predicted octanol–water partition coefficient (Wildman–Crippen LogP) is 4.23. The Morgan fingerprint density at radius 2 is 1.67 bits per heavy atom. The third-order valence-corrected chi connectivity index (χ3v) is 3.83. The van der Waals surface area contributed by atoms with Crippen molar-refractivity contribution in [1.29, 1.82) is 0 Å². The van der Waals surface area contributed by atoms with Gasteiger partial charge >= 0.3 is 0 Å². The second-order valence-corrected chi connectivity index (χ2v) is 5.50. The van der Waals surface area contributed by atoms with Gasteiger partial charge in [0, 0.05) is 6.54 Å². The van der Waals surface area contributed by atoms with Gasteiger partial charge in [-0.3, -0.25) is 0 Å². The van der Waals surface area contributed by atoms with Crippen molar-refractivity contribution in [1.82, 2.24) is 5.32 Å². The molecule has 0 radical (unpaired) electrons. The summed E-state index contributed by atoms with van der Waals surface area (Å²) in [5.41, 5.74) is 0.487. The zero-order valence-corrected chi connectivity index (χ0v) is 11.5. The first-order chi connectivity index (χ1) is 7.06. The molecule has 0 spiro atoms. The molecule has 15 heavy (non-hydrogen) atoms. The summed E-state index contributed by atoms with van der Waals surface area (Å²) in [7, 11) is 2.07. The summed E-state index contributed by atoms with van der Waals surface area (Å²) in [5, 5.41) is 3.34. The van der Waals surface area contributed by atoms with Crippen molar-refractivity contribution in [2.24, 2.45) is 11.3 Å². The Labute approximate surface area is 97.0 Å². The van der Waals surface area contributed by atoms with Gasteiger partial charge in [0.05, 0.1) is 0 Å². The van der Waals surface area contributed by atoms with Gasteiger partial charge < -0.3 is 5.32 Å². The summed E-state index contributed by atoms with van der Waals surface area (Å²) in [6.45, 7) is 10.6. The highest BCUT2D eigenvalue weighted by atomic mass is 14.8. The third-order valence-electron chi connectivity index (χ3n) is 3.83. The van der Waals surface area contributed by atoms with Gasteiger partial charge in [0.1, 0.15) is 0 Å². The predicted molar refractivity (Wildman–Crippen MR) is 70.2 cm³/mol. The molecule has 1 N–H and O–H groups in total. The zero-order chi connectivity index (χ0) is 11.7. The van der Waals surface area contributed by atoms with E-state index >= 15 is 0 Å². The summed E-state index contributed by atoms with van der Waals surface area (Å²) >= 11 is 0. The van der Waals surface area contributed by atoms with E-state index in [0.717, 1.165) is 12.5 Å². The largest absolute Gasteiger partial charge is 0.319 e. The summed E-state index contributed by atoms with van der Waals surface area (Å²) in [4.78, 5) is 0. The monoisotopic (exact) mass is 213 g/mol. The summed E-state index contributed by atoms with van der Waals surface area (Å²) in [6, 6.07) is 0. The Balaban J connectivity index is 3.76. The van der Waals surface area contributed by atoms with Crippen LogP contribution in [-0.4, -0.2) is 13.6 Å². The molecule has 0 amide bonds. The molecule has 0 aromatic heterocycles. The van der Waals surface area contributed by atoms with E-state index in [-0.39, 0.29) is 0 Å². The number of hydrogen-bond acceptors (Lipinski definition) is 1. The molecule has 1 heteroatoms. The first-order valence-corrected chi connectivity index (χ1v) is 6.71. The Hall–Kier alpha value is -0.0400. The van der Waals surface area contributed by atoms with Gasteiger partial charge in [-0.1, -0.05) is 59.8 Å². The van der Waals surface area contributed by atoms with E-state index in [4.69, 9.17) is 0 Å². The van der Waals surface area contributed by atoms with Crippen LogP contribution in [0.1, 0.15) is 66.2 Å².